The normalized spacial score (nSPS) is 30.5. The Morgan fingerprint density at radius 3 is 2.00 bits per heavy atom. The summed E-state index contributed by atoms with van der Waals surface area (Å²) in [6.07, 6.45) is 15.9. The van der Waals surface area contributed by atoms with Crippen molar-refractivity contribution in [3.05, 3.63) is 103 Å². The number of fused-ring (bicyclic) bond motifs is 2. The van der Waals surface area contributed by atoms with Crippen LogP contribution in [0.15, 0.2) is 64.7 Å². The SMILES string of the molecule is CC1CCC(CN[C@@H]2CCc3cc(O)ccc3[C@@H]2Cc2ccsc2C2Cc3cc(O)ccc3[C@@H](Cc3ccsc3)[C@H]2NCC2CCC(C)CC2)CC1. The number of aromatic hydroxyl groups is 2. The Morgan fingerprint density at radius 2 is 1.33 bits per heavy atom. The molecule has 2 saturated carbocycles. The number of phenols is 2. The molecular weight excluding hydrogens is 677 g/mol. The van der Waals surface area contributed by atoms with Crippen LogP contribution in [0.2, 0.25) is 0 Å². The summed E-state index contributed by atoms with van der Waals surface area (Å²) >= 11 is 3.76. The second kappa shape index (κ2) is 16.4. The molecule has 2 aromatic heterocycles. The van der Waals surface area contributed by atoms with Crippen molar-refractivity contribution in [2.75, 3.05) is 13.1 Å². The third-order valence-corrected chi connectivity index (χ3v) is 15.6. The molecule has 4 aliphatic carbocycles. The van der Waals surface area contributed by atoms with E-state index in [0.717, 1.165) is 68.9 Å². The van der Waals surface area contributed by atoms with Crippen molar-refractivity contribution >= 4 is 22.7 Å². The molecule has 6 heteroatoms. The number of rotatable bonds is 11. The molecule has 2 aromatic carbocycles. The van der Waals surface area contributed by atoms with E-state index < -0.39 is 0 Å². The van der Waals surface area contributed by atoms with E-state index in [9.17, 15) is 10.2 Å². The molecule has 278 valence electrons. The van der Waals surface area contributed by atoms with E-state index in [4.69, 9.17) is 0 Å². The van der Waals surface area contributed by atoms with E-state index in [1.54, 1.807) is 11.3 Å². The molecule has 4 N–H and O–H groups in total. The van der Waals surface area contributed by atoms with Gasteiger partial charge in [-0.2, -0.15) is 11.3 Å². The molecule has 0 radical (unpaired) electrons. The summed E-state index contributed by atoms with van der Waals surface area (Å²) in [5, 5.41) is 36.6. The van der Waals surface area contributed by atoms with Gasteiger partial charge in [-0.3, -0.25) is 0 Å². The lowest BCUT2D eigenvalue weighted by Crippen LogP contribution is -2.46. The second-order valence-corrected chi connectivity index (χ2v) is 19.1. The molecule has 0 spiro atoms. The van der Waals surface area contributed by atoms with Crippen molar-refractivity contribution in [2.45, 2.75) is 127 Å². The van der Waals surface area contributed by atoms with Crippen molar-refractivity contribution in [1.82, 2.24) is 10.6 Å². The smallest absolute Gasteiger partial charge is 0.115 e. The second-order valence-electron chi connectivity index (χ2n) is 17.4. The third-order valence-electron chi connectivity index (χ3n) is 13.7. The molecule has 0 bridgehead atoms. The Hall–Kier alpha value is -2.64. The largest absolute Gasteiger partial charge is 0.508 e. The number of thiophene rings is 2. The number of phenolic OH excluding ortho intramolecular Hbond substituents is 2. The molecule has 8 rings (SSSR count). The molecule has 4 nitrogen and oxygen atoms in total. The van der Waals surface area contributed by atoms with Crippen LogP contribution in [-0.2, 0) is 25.7 Å². The van der Waals surface area contributed by atoms with Gasteiger partial charge < -0.3 is 20.8 Å². The van der Waals surface area contributed by atoms with Crippen molar-refractivity contribution in [2.24, 2.45) is 23.7 Å². The summed E-state index contributed by atoms with van der Waals surface area (Å²) in [7, 11) is 0. The quantitative estimate of drug-likeness (QED) is 0.124. The predicted molar refractivity (Wildman–Crippen MR) is 218 cm³/mol. The molecule has 4 aromatic rings. The van der Waals surface area contributed by atoms with E-state index in [0.29, 0.717) is 41.3 Å². The summed E-state index contributed by atoms with van der Waals surface area (Å²) < 4.78 is 0. The van der Waals surface area contributed by atoms with Crippen LogP contribution >= 0.6 is 22.7 Å². The Kier molecular flexibility index (Phi) is 11.5. The van der Waals surface area contributed by atoms with Crippen molar-refractivity contribution in [3.8, 4) is 11.5 Å². The highest BCUT2D eigenvalue weighted by molar-refractivity contribution is 7.10. The van der Waals surface area contributed by atoms with E-state index >= 15 is 0 Å². The average molecular weight is 737 g/mol. The Morgan fingerprint density at radius 1 is 0.673 bits per heavy atom. The Labute approximate surface area is 320 Å². The molecule has 0 saturated heterocycles. The van der Waals surface area contributed by atoms with Crippen molar-refractivity contribution in [1.29, 1.82) is 0 Å². The first-order valence-corrected chi connectivity index (χ1v) is 22.4. The standard InChI is InChI=1S/C46H60N2O2S2/c1-29-3-7-31(8-4-29)26-47-44-16-11-34-22-37(49)12-14-39(34)41(44)24-35-18-20-52-46(35)43-25-36-23-38(50)13-15-40(36)42(21-33-17-19-51-28-33)45(43)48-27-32-9-5-30(2)6-10-32/h12-15,17-20,22-23,28-32,41-45,47-50H,3-11,16,21,24-27H2,1-2H3/t29?,30?,31?,32?,41-,42+,43?,44+,45+/m0/s1. The maximum atomic E-state index is 10.7. The van der Waals surface area contributed by atoms with E-state index in [1.165, 1.54) is 89.6 Å². The lowest BCUT2D eigenvalue weighted by atomic mass is 9.69. The summed E-state index contributed by atoms with van der Waals surface area (Å²) in [5.74, 6) is 5.09. The van der Waals surface area contributed by atoms with Gasteiger partial charge in [0.05, 0.1) is 0 Å². The molecule has 4 aliphatic rings. The zero-order chi connectivity index (χ0) is 35.6. The van der Waals surface area contributed by atoms with Crippen LogP contribution in [0.3, 0.4) is 0 Å². The minimum atomic E-state index is 0.326. The van der Waals surface area contributed by atoms with Crippen LogP contribution in [0.4, 0.5) is 0 Å². The van der Waals surface area contributed by atoms with E-state index in [-0.39, 0.29) is 0 Å². The minimum absolute atomic E-state index is 0.326. The van der Waals surface area contributed by atoms with E-state index in [1.807, 2.05) is 29.5 Å². The fourth-order valence-electron chi connectivity index (χ4n) is 10.6. The first-order chi connectivity index (χ1) is 25.4. The highest BCUT2D eigenvalue weighted by atomic mass is 32.1. The fourth-order valence-corrected chi connectivity index (χ4v) is 12.3. The molecule has 5 atom stereocenters. The summed E-state index contributed by atoms with van der Waals surface area (Å²) in [6.45, 7) is 7.05. The fraction of sp³-hybridized carbons (Fsp3) is 0.565. The van der Waals surface area contributed by atoms with Gasteiger partial charge in [0.1, 0.15) is 11.5 Å². The Balaban J connectivity index is 1.11. The molecule has 1 unspecified atom stereocenters. The van der Waals surface area contributed by atoms with Gasteiger partial charge in [-0.1, -0.05) is 51.7 Å². The van der Waals surface area contributed by atoms with Gasteiger partial charge in [0.2, 0.25) is 0 Å². The average Bonchev–Trinajstić information content (AvgIpc) is 3.84. The highest BCUT2D eigenvalue weighted by Gasteiger charge is 2.40. The summed E-state index contributed by atoms with van der Waals surface area (Å²) in [6, 6.07) is 17.9. The van der Waals surface area contributed by atoms with Crippen LogP contribution in [-0.4, -0.2) is 35.4 Å². The number of nitrogens with one attached hydrogen (secondary N) is 2. The highest BCUT2D eigenvalue weighted by Crippen LogP contribution is 2.47. The minimum Gasteiger partial charge on any atom is -0.508 e. The molecule has 0 amide bonds. The van der Waals surface area contributed by atoms with Gasteiger partial charge in [0, 0.05) is 34.7 Å². The van der Waals surface area contributed by atoms with Crippen LogP contribution in [0.1, 0.15) is 128 Å². The lowest BCUT2D eigenvalue weighted by molar-refractivity contribution is 0.254. The van der Waals surface area contributed by atoms with Gasteiger partial charge in [-0.05, 0) is 180 Å². The lowest BCUT2D eigenvalue weighted by Gasteiger charge is -2.42. The molecule has 2 fully saturated rings. The molecule has 52 heavy (non-hydrogen) atoms. The van der Waals surface area contributed by atoms with Crippen LogP contribution in [0.25, 0.3) is 0 Å². The van der Waals surface area contributed by atoms with Crippen LogP contribution in [0.5, 0.6) is 11.5 Å². The van der Waals surface area contributed by atoms with Crippen molar-refractivity contribution < 1.29 is 10.2 Å². The topological polar surface area (TPSA) is 64.5 Å². The third kappa shape index (κ3) is 8.21. The van der Waals surface area contributed by atoms with Gasteiger partial charge in [-0.15, -0.1) is 11.3 Å². The monoisotopic (exact) mass is 736 g/mol. The molecule has 0 aliphatic heterocycles. The number of aryl methyl sites for hydroxylation is 1. The maximum Gasteiger partial charge on any atom is 0.115 e. The predicted octanol–water partition coefficient (Wildman–Crippen LogP) is 10.7. The van der Waals surface area contributed by atoms with Gasteiger partial charge in [-0.25, -0.2) is 0 Å². The number of benzene rings is 2. The number of hydrogen-bond donors (Lipinski definition) is 4. The number of hydrogen-bond acceptors (Lipinski definition) is 6. The molecular formula is C46H60N2O2S2. The summed E-state index contributed by atoms with van der Waals surface area (Å²) in [4.78, 5) is 1.53. The Bertz CT molecular complexity index is 1750. The van der Waals surface area contributed by atoms with Crippen LogP contribution in [0, 0.1) is 23.7 Å². The van der Waals surface area contributed by atoms with Gasteiger partial charge >= 0.3 is 0 Å². The summed E-state index contributed by atoms with van der Waals surface area (Å²) in [5.41, 5.74) is 8.39. The maximum absolute atomic E-state index is 10.7. The van der Waals surface area contributed by atoms with E-state index in [2.05, 4.69) is 71.0 Å². The van der Waals surface area contributed by atoms with Gasteiger partial charge in [0.25, 0.3) is 0 Å². The van der Waals surface area contributed by atoms with Gasteiger partial charge in [0.15, 0.2) is 0 Å². The zero-order valence-corrected chi connectivity index (χ0v) is 33.0. The first-order valence-electron chi connectivity index (χ1n) is 20.6. The van der Waals surface area contributed by atoms with Crippen LogP contribution < -0.4 is 10.6 Å². The molecule has 2 heterocycles. The zero-order valence-electron chi connectivity index (χ0n) is 31.4. The first kappa shape index (κ1) is 36.3. The van der Waals surface area contributed by atoms with Crippen molar-refractivity contribution in [3.63, 3.8) is 0 Å².